The molecule has 9 aromatic carbocycles. The second-order valence-corrected chi connectivity index (χ2v) is 13.2. The Morgan fingerprint density at radius 3 is 1.65 bits per heavy atom. The fraction of sp³-hybridized carbons (Fsp3) is 0. The lowest BCUT2D eigenvalue weighted by Gasteiger charge is -2.12. The highest BCUT2D eigenvalue weighted by molar-refractivity contribution is 6.30. The Morgan fingerprint density at radius 1 is 0.333 bits per heavy atom. The minimum absolute atomic E-state index is 0.605. The van der Waals surface area contributed by atoms with Crippen molar-refractivity contribution in [2.24, 2.45) is 0 Å². The first-order valence-electron chi connectivity index (χ1n) is 17.2. The highest BCUT2D eigenvalue weighted by Crippen LogP contribution is 2.45. The van der Waals surface area contributed by atoms with E-state index in [-0.39, 0.29) is 0 Å². The van der Waals surface area contributed by atoms with Crippen molar-refractivity contribution in [1.82, 2.24) is 15.0 Å². The third-order valence-electron chi connectivity index (χ3n) is 10.2. The summed E-state index contributed by atoms with van der Waals surface area (Å²) >= 11 is 0. The number of nitrogens with zero attached hydrogens (tertiary/aromatic N) is 3. The molecule has 2 aromatic heterocycles. The lowest BCUT2D eigenvalue weighted by atomic mass is 9.94. The van der Waals surface area contributed by atoms with Crippen LogP contribution >= 0.6 is 0 Å². The van der Waals surface area contributed by atoms with Gasteiger partial charge in [0, 0.05) is 32.8 Å². The molecule has 0 radical (unpaired) electrons. The fourth-order valence-electron chi connectivity index (χ4n) is 7.86. The van der Waals surface area contributed by atoms with Crippen molar-refractivity contribution in [1.29, 1.82) is 0 Å². The molecule has 0 N–H and O–H groups in total. The summed E-state index contributed by atoms with van der Waals surface area (Å²) in [6.07, 6.45) is 0. The zero-order chi connectivity index (χ0) is 33.5. The smallest absolute Gasteiger partial charge is 0.164 e. The van der Waals surface area contributed by atoms with Crippen molar-refractivity contribution in [2.45, 2.75) is 0 Å². The van der Waals surface area contributed by atoms with Crippen LogP contribution in [0, 0.1) is 0 Å². The van der Waals surface area contributed by atoms with Crippen molar-refractivity contribution in [2.75, 3.05) is 0 Å². The molecule has 0 aliphatic rings. The quantitative estimate of drug-likeness (QED) is 0.179. The van der Waals surface area contributed by atoms with Crippen LogP contribution < -0.4 is 0 Å². The van der Waals surface area contributed by atoms with E-state index in [2.05, 4.69) is 146 Å². The van der Waals surface area contributed by atoms with Gasteiger partial charge in [-0.2, -0.15) is 0 Å². The van der Waals surface area contributed by atoms with E-state index in [1.54, 1.807) is 0 Å². The molecule has 11 aromatic rings. The maximum Gasteiger partial charge on any atom is 0.164 e. The molecule has 0 aliphatic carbocycles. The lowest BCUT2D eigenvalue weighted by molar-refractivity contribution is 0.673. The Balaban J connectivity index is 1.25. The number of furan rings is 1. The highest BCUT2D eigenvalue weighted by Gasteiger charge is 2.22. The summed E-state index contributed by atoms with van der Waals surface area (Å²) in [4.78, 5) is 15.6. The van der Waals surface area contributed by atoms with Crippen LogP contribution in [0.25, 0.3) is 110 Å². The molecule has 236 valence electrons. The summed E-state index contributed by atoms with van der Waals surface area (Å²) in [6, 6.07) is 57.4. The first-order valence-corrected chi connectivity index (χ1v) is 17.2. The van der Waals surface area contributed by atoms with E-state index in [9.17, 15) is 0 Å². The van der Waals surface area contributed by atoms with Gasteiger partial charge in [-0.25, -0.2) is 15.0 Å². The van der Waals surface area contributed by atoms with Gasteiger partial charge in [0.25, 0.3) is 0 Å². The third kappa shape index (κ3) is 4.30. The third-order valence-corrected chi connectivity index (χ3v) is 10.2. The summed E-state index contributed by atoms with van der Waals surface area (Å²) in [5.41, 5.74) is 4.45. The van der Waals surface area contributed by atoms with Gasteiger partial charge in [-0.15, -0.1) is 0 Å². The Hall–Kier alpha value is -6.91. The summed E-state index contributed by atoms with van der Waals surface area (Å²) in [5.74, 6) is 1.85. The van der Waals surface area contributed by atoms with Crippen LogP contribution in [0.3, 0.4) is 0 Å². The predicted octanol–water partition coefficient (Wildman–Crippen LogP) is 12.5. The summed E-state index contributed by atoms with van der Waals surface area (Å²) in [5, 5.41) is 13.6. The Labute approximate surface area is 292 Å². The van der Waals surface area contributed by atoms with Gasteiger partial charge in [0.1, 0.15) is 11.2 Å². The Kier molecular flexibility index (Phi) is 5.92. The van der Waals surface area contributed by atoms with E-state index >= 15 is 0 Å². The number of aromatic nitrogens is 3. The minimum atomic E-state index is 0.605. The molecule has 11 rings (SSSR count). The number of benzene rings is 9. The average Bonchev–Trinajstić information content (AvgIpc) is 3.60. The fourth-order valence-corrected chi connectivity index (χ4v) is 7.86. The van der Waals surface area contributed by atoms with Gasteiger partial charge in [-0.3, -0.25) is 0 Å². The number of hydrogen-bond donors (Lipinski definition) is 0. The minimum Gasteiger partial charge on any atom is -0.455 e. The van der Waals surface area contributed by atoms with E-state index in [0.29, 0.717) is 17.5 Å². The second kappa shape index (κ2) is 10.8. The zero-order valence-electron chi connectivity index (χ0n) is 27.3. The van der Waals surface area contributed by atoms with E-state index in [4.69, 9.17) is 19.4 Å². The van der Waals surface area contributed by atoms with Gasteiger partial charge in [-0.05, 0) is 66.7 Å². The maximum atomic E-state index is 6.89. The van der Waals surface area contributed by atoms with Crippen molar-refractivity contribution < 1.29 is 4.42 Å². The molecular formula is C47H27N3O. The van der Waals surface area contributed by atoms with Gasteiger partial charge in [0.15, 0.2) is 17.5 Å². The largest absolute Gasteiger partial charge is 0.455 e. The summed E-state index contributed by atoms with van der Waals surface area (Å²) in [7, 11) is 0. The molecule has 4 nitrogen and oxygen atoms in total. The summed E-state index contributed by atoms with van der Waals surface area (Å²) < 4.78 is 6.89. The molecule has 0 aliphatic heterocycles. The van der Waals surface area contributed by atoms with Gasteiger partial charge in [0.05, 0.1) is 0 Å². The van der Waals surface area contributed by atoms with Crippen LogP contribution in [0.2, 0.25) is 0 Å². The SMILES string of the molecule is c1ccc(-c2nc(-c3ccc4c(ccc5ccccc54)c3)nc(-c3cc4ccc5ccccc5c4c4oc5ccc6ccccc6c5c34)n2)cc1. The van der Waals surface area contributed by atoms with E-state index in [1.807, 2.05) is 18.2 Å². The molecule has 0 amide bonds. The topological polar surface area (TPSA) is 51.8 Å². The normalized spacial score (nSPS) is 11.9. The lowest BCUT2D eigenvalue weighted by Crippen LogP contribution is -2.00. The van der Waals surface area contributed by atoms with E-state index in [0.717, 1.165) is 70.9 Å². The maximum absolute atomic E-state index is 6.89. The standard InChI is InChI=1S/C47H27N3O/c1-2-13-31(14-3-1)45-48-46(34-22-24-36-32(26-34)20-18-28-10-4-7-15-35(28)36)50-47(49-45)39-27-33-21-19-29-11-5-8-16-37(29)41(33)44-43(39)42-38-17-9-6-12-30(38)23-25-40(42)51-44/h1-27H. The first kappa shape index (κ1) is 28.0. The summed E-state index contributed by atoms with van der Waals surface area (Å²) in [6.45, 7) is 0. The molecule has 2 heterocycles. The van der Waals surface area contributed by atoms with Crippen LogP contribution in [0.5, 0.6) is 0 Å². The monoisotopic (exact) mass is 649 g/mol. The predicted molar refractivity (Wildman–Crippen MR) is 211 cm³/mol. The first-order chi connectivity index (χ1) is 25.3. The number of hydrogen-bond acceptors (Lipinski definition) is 4. The molecule has 51 heavy (non-hydrogen) atoms. The van der Waals surface area contributed by atoms with E-state index in [1.165, 1.54) is 21.5 Å². The number of fused-ring (bicyclic) bond motifs is 12. The average molecular weight is 650 g/mol. The van der Waals surface area contributed by atoms with Gasteiger partial charge >= 0.3 is 0 Å². The van der Waals surface area contributed by atoms with Crippen LogP contribution in [0.1, 0.15) is 0 Å². The van der Waals surface area contributed by atoms with Crippen molar-refractivity contribution in [3.05, 3.63) is 164 Å². The number of rotatable bonds is 3. The van der Waals surface area contributed by atoms with Crippen LogP contribution in [0.15, 0.2) is 168 Å². The Bertz CT molecular complexity index is 3200. The molecule has 0 fully saturated rings. The zero-order valence-corrected chi connectivity index (χ0v) is 27.3. The molecule has 0 bridgehead atoms. The van der Waals surface area contributed by atoms with Crippen molar-refractivity contribution in [3.8, 4) is 34.2 Å². The van der Waals surface area contributed by atoms with Crippen LogP contribution in [0.4, 0.5) is 0 Å². The van der Waals surface area contributed by atoms with E-state index < -0.39 is 0 Å². The molecule has 0 spiro atoms. The van der Waals surface area contributed by atoms with Crippen molar-refractivity contribution in [3.63, 3.8) is 0 Å². The molecular weight excluding hydrogens is 623 g/mol. The molecule has 0 saturated heterocycles. The van der Waals surface area contributed by atoms with Gasteiger partial charge < -0.3 is 4.42 Å². The molecule has 0 unspecified atom stereocenters. The molecule has 0 saturated carbocycles. The van der Waals surface area contributed by atoms with Crippen molar-refractivity contribution >= 4 is 75.8 Å². The van der Waals surface area contributed by atoms with Gasteiger partial charge in [0.2, 0.25) is 0 Å². The van der Waals surface area contributed by atoms with Crippen LogP contribution in [-0.4, -0.2) is 15.0 Å². The van der Waals surface area contributed by atoms with Crippen LogP contribution in [-0.2, 0) is 0 Å². The second-order valence-electron chi connectivity index (χ2n) is 13.2. The van der Waals surface area contributed by atoms with Gasteiger partial charge in [-0.1, -0.05) is 146 Å². The molecule has 0 atom stereocenters. The molecule has 4 heteroatoms. The highest BCUT2D eigenvalue weighted by atomic mass is 16.3. The Morgan fingerprint density at radius 2 is 0.882 bits per heavy atom.